The van der Waals surface area contributed by atoms with Crippen LogP contribution in [0.25, 0.3) is 11.1 Å². The second-order valence-corrected chi connectivity index (χ2v) is 4.01. The van der Waals surface area contributed by atoms with E-state index >= 15 is 0 Å². The molecule has 0 radical (unpaired) electrons. The molecule has 2 rings (SSSR count). The fraction of sp³-hybridized carbons (Fsp3) is 0.0714. The molecule has 0 aliphatic carbocycles. The highest BCUT2D eigenvalue weighted by molar-refractivity contribution is 5.91. The molecule has 0 unspecified atom stereocenters. The Balaban J connectivity index is 2.56. The highest BCUT2D eigenvalue weighted by Crippen LogP contribution is 2.33. The number of carbonyl (C=O) groups excluding carboxylic acids is 1. The summed E-state index contributed by atoms with van der Waals surface area (Å²) in [6, 6.07) is 6.23. The summed E-state index contributed by atoms with van der Waals surface area (Å²) in [5.41, 5.74) is -0.338. The van der Waals surface area contributed by atoms with E-state index in [1.54, 1.807) is 0 Å². The summed E-state index contributed by atoms with van der Waals surface area (Å²) in [4.78, 5) is 11.0. The van der Waals surface area contributed by atoms with Gasteiger partial charge in [0.05, 0.1) is 5.56 Å². The summed E-state index contributed by atoms with van der Waals surface area (Å²) >= 11 is 0. The molecule has 0 amide bonds. The van der Waals surface area contributed by atoms with Crippen LogP contribution in [-0.2, 0) is 0 Å². The van der Waals surface area contributed by atoms with Crippen LogP contribution in [0.4, 0.5) is 22.0 Å². The lowest BCUT2D eigenvalue weighted by atomic mass is 9.99. The van der Waals surface area contributed by atoms with Gasteiger partial charge in [0.1, 0.15) is 5.75 Å². The van der Waals surface area contributed by atoms with Gasteiger partial charge in [-0.15, -0.1) is 13.2 Å². The number of aldehydes is 1. The molecule has 0 fully saturated rings. The summed E-state index contributed by atoms with van der Waals surface area (Å²) in [5, 5.41) is 0. The van der Waals surface area contributed by atoms with Crippen molar-refractivity contribution in [1.82, 2.24) is 0 Å². The van der Waals surface area contributed by atoms with Gasteiger partial charge in [-0.2, -0.15) is 0 Å². The standard InChI is InChI=1S/C14H7F5O2/c15-11-5-4-8(6-12(11)16)9-2-1-3-13(10(9)7-20)21-14(17,18)19/h1-7H. The number of alkyl halides is 3. The number of carbonyl (C=O) groups is 1. The van der Waals surface area contributed by atoms with E-state index in [1.165, 1.54) is 12.1 Å². The molecule has 0 heterocycles. The van der Waals surface area contributed by atoms with Gasteiger partial charge in [0.15, 0.2) is 17.9 Å². The van der Waals surface area contributed by atoms with Crippen LogP contribution in [0.1, 0.15) is 10.4 Å². The van der Waals surface area contributed by atoms with Gasteiger partial charge in [-0.25, -0.2) is 8.78 Å². The molecule has 0 atom stereocenters. The third-order valence-electron chi connectivity index (χ3n) is 2.64. The molecule has 21 heavy (non-hydrogen) atoms. The number of benzene rings is 2. The Morgan fingerprint density at radius 1 is 1.00 bits per heavy atom. The first kappa shape index (κ1) is 15.0. The largest absolute Gasteiger partial charge is 0.573 e. The summed E-state index contributed by atoms with van der Waals surface area (Å²) in [5.74, 6) is -2.99. The SMILES string of the molecule is O=Cc1c(OC(F)(F)F)cccc1-c1ccc(F)c(F)c1. The van der Waals surface area contributed by atoms with Crippen molar-refractivity contribution in [2.24, 2.45) is 0 Å². The van der Waals surface area contributed by atoms with E-state index in [9.17, 15) is 26.7 Å². The van der Waals surface area contributed by atoms with Gasteiger partial charge in [0.2, 0.25) is 0 Å². The average molecular weight is 302 g/mol. The summed E-state index contributed by atoms with van der Waals surface area (Å²) < 4.78 is 66.6. The van der Waals surface area contributed by atoms with Crippen molar-refractivity contribution in [3.63, 3.8) is 0 Å². The summed E-state index contributed by atoms with van der Waals surface area (Å²) in [6.45, 7) is 0. The molecule has 0 spiro atoms. The van der Waals surface area contributed by atoms with Crippen molar-refractivity contribution in [2.75, 3.05) is 0 Å². The Morgan fingerprint density at radius 3 is 2.29 bits per heavy atom. The third kappa shape index (κ3) is 3.36. The first-order chi connectivity index (χ1) is 9.81. The molecule has 0 N–H and O–H groups in total. The van der Waals surface area contributed by atoms with Crippen LogP contribution in [0.15, 0.2) is 36.4 Å². The number of hydrogen-bond acceptors (Lipinski definition) is 2. The smallest absolute Gasteiger partial charge is 0.405 e. The minimum absolute atomic E-state index is 0.00523. The Hall–Kier alpha value is -2.44. The topological polar surface area (TPSA) is 26.3 Å². The van der Waals surface area contributed by atoms with E-state index in [0.29, 0.717) is 0 Å². The molecule has 7 heteroatoms. The monoisotopic (exact) mass is 302 g/mol. The fourth-order valence-corrected chi connectivity index (χ4v) is 1.79. The van der Waals surface area contributed by atoms with Gasteiger partial charge < -0.3 is 4.74 Å². The van der Waals surface area contributed by atoms with Crippen molar-refractivity contribution >= 4 is 6.29 Å². The zero-order chi connectivity index (χ0) is 15.6. The molecular formula is C14H7F5O2. The zero-order valence-corrected chi connectivity index (χ0v) is 10.2. The Kier molecular flexibility index (Phi) is 3.93. The molecular weight excluding hydrogens is 295 g/mol. The normalized spacial score (nSPS) is 11.3. The van der Waals surface area contributed by atoms with E-state index in [-0.39, 0.29) is 17.4 Å². The molecule has 0 aliphatic heterocycles. The van der Waals surface area contributed by atoms with Crippen LogP contribution in [0.2, 0.25) is 0 Å². The van der Waals surface area contributed by atoms with Gasteiger partial charge >= 0.3 is 6.36 Å². The first-order valence-corrected chi connectivity index (χ1v) is 5.61. The predicted octanol–water partition coefficient (Wildman–Crippen LogP) is 4.34. The Labute approximate surface area is 115 Å². The highest BCUT2D eigenvalue weighted by Gasteiger charge is 2.32. The van der Waals surface area contributed by atoms with Crippen LogP contribution in [0, 0.1) is 11.6 Å². The van der Waals surface area contributed by atoms with Crippen LogP contribution in [-0.4, -0.2) is 12.6 Å². The van der Waals surface area contributed by atoms with E-state index in [2.05, 4.69) is 4.74 Å². The number of hydrogen-bond donors (Lipinski definition) is 0. The van der Waals surface area contributed by atoms with Crippen LogP contribution < -0.4 is 4.74 Å². The van der Waals surface area contributed by atoms with E-state index < -0.39 is 29.3 Å². The lowest BCUT2D eigenvalue weighted by molar-refractivity contribution is -0.274. The molecule has 2 aromatic rings. The first-order valence-electron chi connectivity index (χ1n) is 5.61. The van der Waals surface area contributed by atoms with Crippen LogP contribution in [0.5, 0.6) is 5.75 Å². The summed E-state index contributed by atoms with van der Waals surface area (Å²) in [6.07, 6.45) is -4.80. The quantitative estimate of drug-likeness (QED) is 0.622. The lowest BCUT2D eigenvalue weighted by Crippen LogP contribution is -2.18. The van der Waals surface area contributed by atoms with Crippen molar-refractivity contribution in [3.8, 4) is 16.9 Å². The van der Waals surface area contributed by atoms with Gasteiger partial charge in [0, 0.05) is 0 Å². The zero-order valence-electron chi connectivity index (χ0n) is 10.2. The number of ether oxygens (including phenoxy) is 1. The lowest BCUT2D eigenvalue weighted by Gasteiger charge is -2.13. The molecule has 0 saturated carbocycles. The minimum Gasteiger partial charge on any atom is -0.405 e. The molecule has 2 nitrogen and oxygen atoms in total. The molecule has 0 bridgehead atoms. The second-order valence-electron chi connectivity index (χ2n) is 4.01. The van der Waals surface area contributed by atoms with E-state index in [4.69, 9.17) is 0 Å². The van der Waals surface area contributed by atoms with Gasteiger partial charge in [-0.05, 0) is 29.3 Å². The van der Waals surface area contributed by atoms with E-state index in [1.807, 2.05) is 0 Å². The van der Waals surface area contributed by atoms with Gasteiger partial charge in [-0.1, -0.05) is 18.2 Å². The molecule has 0 aliphatic rings. The molecule has 0 saturated heterocycles. The predicted molar refractivity (Wildman–Crippen MR) is 63.9 cm³/mol. The maximum absolute atomic E-state index is 13.2. The van der Waals surface area contributed by atoms with Crippen LogP contribution in [0.3, 0.4) is 0 Å². The molecule has 0 aromatic heterocycles. The second kappa shape index (κ2) is 5.51. The molecule has 2 aromatic carbocycles. The minimum atomic E-state index is -4.97. The Morgan fingerprint density at radius 2 is 1.71 bits per heavy atom. The fourth-order valence-electron chi connectivity index (χ4n) is 1.79. The number of halogens is 5. The molecule has 110 valence electrons. The third-order valence-corrected chi connectivity index (χ3v) is 2.64. The average Bonchev–Trinajstić information content (AvgIpc) is 2.40. The Bertz CT molecular complexity index is 680. The maximum Gasteiger partial charge on any atom is 0.573 e. The van der Waals surface area contributed by atoms with Crippen LogP contribution >= 0.6 is 0 Å². The maximum atomic E-state index is 13.2. The van der Waals surface area contributed by atoms with Gasteiger partial charge in [-0.3, -0.25) is 4.79 Å². The number of rotatable bonds is 3. The van der Waals surface area contributed by atoms with Crippen molar-refractivity contribution in [2.45, 2.75) is 6.36 Å². The highest BCUT2D eigenvalue weighted by atomic mass is 19.4. The van der Waals surface area contributed by atoms with Crippen molar-refractivity contribution in [1.29, 1.82) is 0 Å². The van der Waals surface area contributed by atoms with Gasteiger partial charge in [0.25, 0.3) is 0 Å². The van der Waals surface area contributed by atoms with Crippen molar-refractivity contribution in [3.05, 3.63) is 53.6 Å². The van der Waals surface area contributed by atoms with E-state index in [0.717, 1.165) is 24.3 Å². The van der Waals surface area contributed by atoms with Crippen molar-refractivity contribution < 1.29 is 31.5 Å². The summed E-state index contributed by atoms with van der Waals surface area (Å²) in [7, 11) is 0.